The molecular formula is C18H29NO2. The molecule has 1 amide bonds. The van der Waals surface area contributed by atoms with Crippen molar-refractivity contribution >= 4 is 5.91 Å². The van der Waals surface area contributed by atoms with Gasteiger partial charge in [0.25, 0.3) is 0 Å². The Morgan fingerprint density at radius 3 is 2.38 bits per heavy atom. The Labute approximate surface area is 129 Å². The SMILES string of the molecule is CC.CCC1CCN(C(=O)COCc2ccccc2)CC1. The molecule has 1 aliphatic heterocycles. The number of carbonyl (C=O) groups excluding carboxylic acids is 1. The summed E-state index contributed by atoms with van der Waals surface area (Å²) in [5, 5.41) is 0. The van der Waals surface area contributed by atoms with E-state index >= 15 is 0 Å². The summed E-state index contributed by atoms with van der Waals surface area (Å²) in [5.41, 5.74) is 1.11. The number of benzene rings is 1. The van der Waals surface area contributed by atoms with E-state index in [-0.39, 0.29) is 12.5 Å². The molecule has 0 aliphatic carbocycles. The number of nitrogens with zero attached hydrogens (tertiary/aromatic N) is 1. The van der Waals surface area contributed by atoms with E-state index in [0.29, 0.717) is 6.61 Å². The average Bonchev–Trinajstić information content (AvgIpc) is 2.57. The van der Waals surface area contributed by atoms with Gasteiger partial charge in [-0.1, -0.05) is 57.5 Å². The van der Waals surface area contributed by atoms with Crippen LogP contribution < -0.4 is 0 Å². The van der Waals surface area contributed by atoms with Crippen LogP contribution in [-0.4, -0.2) is 30.5 Å². The number of amides is 1. The lowest BCUT2D eigenvalue weighted by molar-refractivity contribution is -0.138. The second kappa shape index (κ2) is 10.4. The molecule has 0 unspecified atom stereocenters. The lowest BCUT2D eigenvalue weighted by Crippen LogP contribution is -2.40. The molecule has 0 saturated carbocycles. The summed E-state index contributed by atoms with van der Waals surface area (Å²) in [6.45, 7) is 8.73. The van der Waals surface area contributed by atoms with Crippen LogP contribution in [0.25, 0.3) is 0 Å². The molecule has 1 aromatic carbocycles. The quantitative estimate of drug-likeness (QED) is 0.824. The van der Waals surface area contributed by atoms with Gasteiger partial charge in [0.2, 0.25) is 5.91 Å². The van der Waals surface area contributed by atoms with Gasteiger partial charge in [0.15, 0.2) is 0 Å². The van der Waals surface area contributed by atoms with Gasteiger partial charge in [-0.15, -0.1) is 0 Å². The number of hydrogen-bond acceptors (Lipinski definition) is 2. The first-order valence-electron chi connectivity index (χ1n) is 8.19. The molecule has 118 valence electrons. The minimum Gasteiger partial charge on any atom is -0.367 e. The van der Waals surface area contributed by atoms with E-state index in [4.69, 9.17) is 4.74 Å². The largest absolute Gasteiger partial charge is 0.367 e. The van der Waals surface area contributed by atoms with Gasteiger partial charge in [-0.2, -0.15) is 0 Å². The summed E-state index contributed by atoms with van der Waals surface area (Å²) >= 11 is 0. The fraction of sp³-hybridized carbons (Fsp3) is 0.611. The molecule has 3 nitrogen and oxygen atoms in total. The third kappa shape index (κ3) is 6.30. The molecule has 0 radical (unpaired) electrons. The number of carbonyl (C=O) groups is 1. The van der Waals surface area contributed by atoms with Crippen molar-refractivity contribution in [3.05, 3.63) is 35.9 Å². The van der Waals surface area contributed by atoms with Crippen molar-refractivity contribution in [1.82, 2.24) is 4.90 Å². The predicted molar refractivity (Wildman–Crippen MR) is 87.0 cm³/mol. The van der Waals surface area contributed by atoms with E-state index in [2.05, 4.69) is 6.92 Å². The maximum atomic E-state index is 12.0. The number of piperidine rings is 1. The highest BCUT2D eigenvalue weighted by molar-refractivity contribution is 5.77. The lowest BCUT2D eigenvalue weighted by Gasteiger charge is -2.31. The first-order chi connectivity index (χ1) is 10.3. The minimum absolute atomic E-state index is 0.130. The maximum absolute atomic E-state index is 12.0. The molecule has 0 atom stereocenters. The standard InChI is InChI=1S/C16H23NO2.C2H6/c1-2-14-8-10-17(11-9-14)16(18)13-19-12-15-6-4-3-5-7-15;1-2/h3-7,14H,2,8-13H2,1H3;1-2H3. The molecule has 1 fully saturated rings. The Balaban J connectivity index is 0.00000106. The van der Waals surface area contributed by atoms with Crippen molar-refractivity contribution in [3.8, 4) is 0 Å². The van der Waals surface area contributed by atoms with Crippen LogP contribution in [0.1, 0.15) is 45.6 Å². The first kappa shape index (κ1) is 17.7. The average molecular weight is 291 g/mol. The van der Waals surface area contributed by atoms with Gasteiger partial charge >= 0.3 is 0 Å². The normalized spacial score (nSPS) is 15.3. The zero-order valence-corrected chi connectivity index (χ0v) is 13.7. The molecule has 1 heterocycles. The van der Waals surface area contributed by atoms with E-state index in [0.717, 1.165) is 37.4 Å². The Hall–Kier alpha value is -1.35. The first-order valence-corrected chi connectivity index (χ1v) is 8.19. The van der Waals surface area contributed by atoms with Gasteiger partial charge in [0.05, 0.1) is 6.61 Å². The van der Waals surface area contributed by atoms with Crippen LogP contribution in [0.15, 0.2) is 30.3 Å². The van der Waals surface area contributed by atoms with Crippen LogP contribution in [0.2, 0.25) is 0 Å². The summed E-state index contributed by atoms with van der Waals surface area (Å²) in [7, 11) is 0. The fourth-order valence-electron chi connectivity index (χ4n) is 2.51. The summed E-state index contributed by atoms with van der Waals surface area (Å²) in [6, 6.07) is 9.97. The second-order valence-electron chi connectivity index (χ2n) is 5.21. The van der Waals surface area contributed by atoms with Crippen molar-refractivity contribution in [1.29, 1.82) is 0 Å². The molecule has 1 saturated heterocycles. The lowest BCUT2D eigenvalue weighted by atomic mass is 9.94. The van der Waals surface area contributed by atoms with Crippen LogP contribution in [0.4, 0.5) is 0 Å². The van der Waals surface area contributed by atoms with Gasteiger partial charge in [0, 0.05) is 13.1 Å². The van der Waals surface area contributed by atoms with E-state index in [1.54, 1.807) is 0 Å². The van der Waals surface area contributed by atoms with Crippen molar-refractivity contribution in [2.24, 2.45) is 5.92 Å². The maximum Gasteiger partial charge on any atom is 0.248 e. The third-order valence-corrected chi connectivity index (χ3v) is 3.88. The zero-order chi connectivity index (χ0) is 15.5. The molecule has 0 spiro atoms. The number of hydrogen-bond donors (Lipinski definition) is 0. The van der Waals surface area contributed by atoms with Crippen molar-refractivity contribution in [3.63, 3.8) is 0 Å². The smallest absolute Gasteiger partial charge is 0.248 e. The van der Waals surface area contributed by atoms with Crippen molar-refractivity contribution < 1.29 is 9.53 Å². The topological polar surface area (TPSA) is 29.5 Å². The van der Waals surface area contributed by atoms with Crippen LogP contribution in [0.5, 0.6) is 0 Å². The van der Waals surface area contributed by atoms with Gasteiger partial charge in [-0.3, -0.25) is 4.79 Å². The van der Waals surface area contributed by atoms with Crippen LogP contribution in [0, 0.1) is 5.92 Å². The summed E-state index contributed by atoms with van der Waals surface area (Å²) in [4.78, 5) is 13.9. The van der Waals surface area contributed by atoms with Crippen LogP contribution in [0.3, 0.4) is 0 Å². The van der Waals surface area contributed by atoms with E-state index in [9.17, 15) is 4.79 Å². The highest BCUT2D eigenvalue weighted by Gasteiger charge is 2.21. The molecule has 0 N–H and O–H groups in total. The van der Waals surface area contributed by atoms with Crippen LogP contribution in [-0.2, 0) is 16.1 Å². The van der Waals surface area contributed by atoms with E-state index < -0.39 is 0 Å². The molecule has 3 heteroatoms. The van der Waals surface area contributed by atoms with Crippen molar-refractivity contribution in [2.45, 2.75) is 46.6 Å². The molecule has 0 aromatic heterocycles. The minimum atomic E-state index is 0.130. The van der Waals surface area contributed by atoms with Gasteiger partial charge < -0.3 is 9.64 Å². The van der Waals surface area contributed by atoms with Gasteiger partial charge in [-0.25, -0.2) is 0 Å². The monoisotopic (exact) mass is 291 g/mol. The number of ether oxygens (including phenoxy) is 1. The number of rotatable bonds is 5. The Kier molecular flexibility index (Phi) is 8.76. The second-order valence-corrected chi connectivity index (χ2v) is 5.21. The van der Waals surface area contributed by atoms with E-state index in [1.807, 2.05) is 49.1 Å². The molecule has 2 rings (SSSR count). The van der Waals surface area contributed by atoms with Gasteiger partial charge in [-0.05, 0) is 24.3 Å². The third-order valence-electron chi connectivity index (χ3n) is 3.88. The number of likely N-dealkylation sites (tertiary alicyclic amines) is 1. The predicted octanol–water partition coefficient (Wildman–Crippen LogP) is 3.88. The Morgan fingerprint density at radius 2 is 1.81 bits per heavy atom. The van der Waals surface area contributed by atoms with Crippen molar-refractivity contribution in [2.75, 3.05) is 19.7 Å². The van der Waals surface area contributed by atoms with E-state index in [1.165, 1.54) is 6.42 Å². The Morgan fingerprint density at radius 1 is 1.19 bits per heavy atom. The summed E-state index contributed by atoms with van der Waals surface area (Å²) in [5.74, 6) is 0.930. The Bertz CT molecular complexity index is 383. The van der Waals surface area contributed by atoms with Gasteiger partial charge in [0.1, 0.15) is 6.61 Å². The molecule has 1 aliphatic rings. The highest BCUT2D eigenvalue weighted by atomic mass is 16.5. The fourth-order valence-corrected chi connectivity index (χ4v) is 2.51. The zero-order valence-electron chi connectivity index (χ0n) is 13.7. The highest BCUT2D eigenvalue weighted by Crippen LogP contribution is 2.19. The summed E-state index contributed by atoms with van der Waals surface area (Å²) in [6.07, 6.45) is 3.51. The molecule has 0 bridgehead atoms. The molecular weight excluding hydrogens is 262 g/mol. The summed E-state index contributed by atoms with van der Waals surface area (Å²) < 4.78 is 5.50. The van der Waals surface area contributed by atoms with Crippen LogP contribution >= 0.6 is 0 Å². The molecule has 21 heavy (non-hydrogen) atoms. The molecule has 1 aromatic rings.